The number of nitrogens with one attached hydrogen (secondary N) is 2. The predicted octanol–water partition coefficient (Wildman–Crippen LogP) is 3.63. The van der Waals surface area contributed by atoms with Crippen molar-refractivity contribution in [2.45, 2.75) is 60.4 Å². The molecule has 6 nitrogen and oxygen atoms in total. The van der Waals surface area contributed by atoms with Crippen molar-refractivity contribution in [2.24, 2.45) is 4.99 Å². The lowest BCUT2D eigenvalue weighted by Crippen LogP contribution is -2.38. The van der Waals surface area contributed by atoms with Gasteiger partial charge in [-0.25, -0.2) is 4.98 Å². The summed E-state index contributed by atoms with van der Waals surface area (Å²) in [6.45, 7) is 13.9. The lowest BCUT2D eigenvalue weighted by Gasteiger charge is -2.10. The van der Waals surface area contributed by atoms with Gasteiger partial charge >= 0.3 is 0 Å². The Balaban J connectivity index is 0.00000364. The zero-order valence-corrected chi connectivity index (χ0v) is 20.3. The fourth-order valence-electron chi connectivity index (χ4n) is 2.86. The van der Waals surface area contributed by atoms with E-state index in [9.17, 15) is 0 Å². The number of thiazole rings is 1. The molecule has 27 heavy (non-hydrogen) atoms. The van der Waals surface area contributed by atoms with Crippen molar-refractivity contribution in [3.05, 3.63) is 33.0 Å². The molecule has 0 fully saturated rings. The summed E-state index contributed by atoms with van der Waals surface area (Å²) in [7, 11) is 0. The Kier molecular flexibility index (Phi) is 10.9. The highest BCUT2D eigenvalue weighted by Crippen LogP contribution is 2.17. The van der Waals surface area contributed by atoms with Crippen LogP contribution >= 0.6 is 35.3 Å². The van der Waals surface area contributed by atoms with Crippen molar-refractivity contribution in [1.29, 1.82) is 0 Å². The summed E-state index contributed by atoms with van der Waals surface area (Å²) in [5.41, 5.74) is 3.51. The van der Waals surface area contributed by atoms with Gasteiger partial charge in [0.2, 0.25) is 0 Å². The molecule has 0 bridgehead atoms. The summed E-state index contributed by atoms with van der Waals surface area (Å²) >= 11 is 1.81. The molecule has 2 rings (SSSR count). The fraction of sp³-hybridized carbons (Fsp3) is 0.632. The van der Waals surface area contributed by atoms with E-state index < -0.39 is 0 Å². The standard InChI is InChI=1S/C19H32N6S.HI/c1-6-17-16(5)26-18(23-17)9-11-22-19(20-7-2)21-10-8-12-25-15(4)13-14(3)24-25;/h13H,6-12H2,1-5H3,(H2,20,21,22);1H. The van der Waals surface area contributed by atoms with Gasteiger partial charge in [-0.1, -0.05) is 6.92 Å². The van der Waals surface area contributed by atoms with Crippen molar-refractivity contribution in [3.63, 3.8) is 0 Å². The van der Waals surface area contributed by atoms with Crippen molar-refractivity contribution >= 4 is 41.3 Å². The minimum Gasteiger partial charge on any atom is -0.357 e. The average Bonchev–Trinajstić information content (AvgIpc) is 3.12. The van der Waals surface area contributed by atoms with Crippen LogP contribution in [0.2, 0.25) is 0 Å². The average molecular weight is 504 g/mol. The first kappa shape index (κ1) is 23.9. The number of aliphatic imine (C=N–C) groups is 1. The lowest BCUT2D eigenvalue weighted by molar-refractivity contribution is 0.567. The van der Waals surface area contributed by atoms with Gasteiger partial charge in [-0.15, -0.1) is 35.3 Å². The third-order valence-corrected chi connectivity index (χ3v) is 5.22. The number of rotatable bonds is 9. The second kappa shape index (κ2) is 12.3. The summed E-state index contributed by atoms with van der Waals surface area (Å²) < 4.78 is 2.06. The maximum atomic E-state index is 4.70. The number of guanidine groups is 1. The second-order valence-corrected chi connectivity index (χ2v) is 7.69. The van der Waals surface area contributed by atoms with E-state index in [0.29, 0.717) is 0 Å². The number of hydrogen-bond acceptors (Lipinski definition) is 4. The Bertz CT molecular complexity index is 722. The molecule has 0 aliphatic heterocycles. The minimum absolute atomic E-state index is 0. The first-order chi connectivity index (χ1) is 12.5. The molecule has 8 heteroatoms. The fourth-order valence-corrected chi connectivity index (χ4v) is 3.89. The van der Waals surface area contributed by atoms with Crippen LogP contribution in [0.1, 0.15) is 47.2 Å². The normalized spacial score (nSPS) is 11.4. The third kappa shape index (κ3) is 7.77. The third-order valence-electron chi connectivity index (χ3n) is 4.15. The largest absolute Gasteiger partial charge is 0.357 e. The molecular formula is C19H33IN6S. The molecule has 0 spiro atoms. The molecule has 0 amide bonds. The molecule has 2 heterocycles. The predicted molar refractivity (Wildman–Crippen MR) is 126 cm³/mol. The molecule has 0 aliphatic carbocycles. The lowest BCUT2D eigenvalue weighted by atomic mass is 10.3. The van der Waals surface area contributed by atoms with Gasteiger partial charge in [0.05, 0.1) is 16.4 Å². The summed E-state index contributed by atoms with van der Waals surface area (Å²) in [5.74, 6) is 0.880. The van der Waals surface area contributed by atoms with Gasteiger partial charge in [0.1, 0.15) is 0 Å². The molecule has 0 aromatic carbocycles. The molecule has 2 aromatic heterocycles. The van der Waals surface area contributed by atoms with Crippen molar-refractivity contribution < 1.29 is 0 Å². The van der Waals surface area contributed by atoms with Gasteiger partial charge in [0, 0.05) is 43.2 Å². The summed E-state index contributed by atoms with van der Waals surface area (Å²) in [6.07, 6.45) is 2.92. The molecule has 0 radical (unpaired) electrons. The van der Waals surface area contributed by atoms with Gasteiger partial charge in [-0.3, -0.25) is 9.67 Å². The maximum absolute atomic E-state index is 4.70. The van der Waals surface area contributed by atoms with Gasteiger partial charge < -0.3 is 10.6 Å². The molecule has 0 saturated heterocycles. The van der Waals surface area contributed by atoms with Crippen LogP contribution in [0, 0.1) is 20.8 Å². The van der Waals surface area contributed by atoms with Crippen molar-refractivity contribution in [3.8, 4) is 0 Å². The highest BCUT2D eigenvalue weighted by Gasteiger charge is 2.06. The number of aromatic nitrogens is 3. The van der Waals surface area contributed by atoms with Crippen LogP contribution in [0.4, 0.5) is 0 Å². The van der Waals surface area contributed by atoms with Gasteiger partial charge in [0.15, 0.2) is 5.96 Å². The Labute approximate surface area is 184 Å². The van der Waals surface area contributed by atoms with E-state index in [1.54, 1.807) is 11.3 Å². The number of nitrogens with zero attached hydrogens (tertiary/aromatic N) is 4. The minimum atomic E-state index is 0. The first-order valence-electron chi connectivity index (χ1n) is 9.51. The van der Waals surface area contributed by atoms with E-state index in [0.717, 1.165) is 57.1 Å². The van der Waals surface area contributed by atoms with E-state index in [1.165, 1.54) is 21.3 Å². The molecule has 0 unspecified atom stereocenters. The highest BCUT2D eigenvalue weighted by atomic mass is 127. The number of aryl methyl sites for hydroxylation is 5. The van der Waals surface area contributed by atoms with E-state index in [1.807, 2.05) is 6.92 Å². The zero-order valence-electron chi connectivity index (χ0n) is 17.1. The Hall–Kier alpha value is -1.16. The second-order valence-electron chi connectivity index (χ2n) is 6.41. The van der Waals surface area contributed by atoms with E-state index >= 15 is 0 Å². The zero-order chi connectivity index (χ0) is 18.9. The van der Waals surface area contributed by atoms with E-state index in [4.69, 9.17) is 4.98 Å². The van der Waals surface area contributed by atoms with E-state index in [2.05, 4.69) is 59.2 Å². The summed E-state index contributed by atoms with van der Waals surface area (Å²) in [5, 5.41) is 12.4. The number of halogens is 1. The SMILES string of the molecule is CCNC(=NCCCn1nc(C)cc1C)NCCc1nc(CC)c(C)s1.I. The van der Waals surface area contributed by atoms with Crippen LogP contribution in [0.25, 0.3) is 0 Å². The highest BCUT2D eigenvalue weighted by molar-refractivity contribution is 14.0. The Morgan fingerprint density at radius 1 is 1.22 bits per heavy atom. The van der Waals surface area contributed by atoms with Crippen LogP contribution in [0.3, 0.4) is 0 Å². The first-order valence-corrected chi connectivity index (χ1v) is 10.3. The topological polar surface area (TPSA) is 67.1 Å². The van der Waals surface area contributed by atoms with Crippen LogP contribution in [-0.4, -0.2) is 40.4 Å². The molecule has 152 valence electrons. The van der Waals surface area contributed by atoms with Crippen molar-refractivity contribution in [1.82, 2.24) is 25.4 Å². The Morgan fingerprint density at radius 2 is 2.00 bits per heavy atom. The molecule has 0 aliphatic rings. The van der Waals surface area contributed by atoms with Gasteiger partial charge in [-0.2, -0.15) is 5.10 Å². The van der Waals surface area contributed by atoms with Gasteiger partial charge in [0.25, 0.3) is 0 Å². The smallest absolute Gasteiger partial charge is 0.191 e. The number of hydrogen-bond donors (Lipinski definition) is 2. The van der Waals surface area contributed by atoms with Crippen LogP contribution in [-0.2, 0) is 19.4 Å². The molecule has 2 N–H and O–H groups in total. The van der Waals surface area contributed by atoms with Crippen LogP contribution < -0.4 is 10.6 Å². The molecule has 2 aromatic rings. The molecular weight excluding hydrogens is 471 g/mol. The van der Waals surface area contributed by atoms with Crippen LogP contribution in [0.15, 0.2) is 11.1 Å². The van der Waals surface area contributed by atoms with Gasteiger partial charge in [-0.05, 0) is 46.6 Å². The summed E-state index contributed by atoms with van der Waals surface area (Å²) in [4.78, 5) is 10.7. The quantitative estimate of drug-likeness (QED) is 0.237. The monoisotopic (exact) mass is 504 g/mol. The maximum Gasteiger partial charge on any atom is 0.191 e. The Morgan fingerprint density at radius 3 is 2.59 bits per heavy atom. The van der Waals surface area contributed by atoms with Crippen molar-refractivity contribution in [2.75, 3.05) is 19.6 Å². The molecule has 0 atom stereocenters. The van der Waals surface area contributed by atoms with E-state index in [-0.39, 0.29) is 24.0 Å². The summed E-state index contributed by atoms with van der Waals surface area (Å²) in [6, 6.07) is 2.11. The molecule has 0 saturated carbocycles. The van der Waals surface area contributed by atoms with Crippen LogP contribution in [0.5, 0.6) is 0 Å².